The maximum Gasteiger partial charge on any atom is 0.312 e. The van der Waals surface area contributed by atoms with Crippen molar-refractivity contribution >= 4 is 28.3 Å². The fraction of sp³-hybridized carbons (Fsp3) is 0.556. The van der Waals surface area contributed by atoms with Crippen LogP contribution in [0.15, 0.2) is 0 Å². The van der Waals surface area contributed by atoms with Gasteiger partial charge in [0.05, 0.1) is 6.54 Å². The van der Waals surface area contributed by atoms with E-state index in [9.17, 15) is 9.59 Å². The number of hydrogen-bond donors (Lipinski definition) is 2. The Morgan fingerprint density at radius 2 is 2.00 bits per heavy atom. The van der Waals surface area contributed by atoms with Crippen LogP contribution in [-0.4, -0.2) is 50.8 Å². The van der Waals surface area contributed by atoms with Gasteiger partial charge < -0.3 is 15.2 Å². The Morgan fingerprint density at radius 1 is 1.33 bits per heavy atom. The molecule has 2 amide bonds. The Labute approximate surface area is 108 Å². The van der Waals surface area contributed by atoms with Crippen LogP contribution in [0.5, 0.6) is 0 Å². The maximum absolute atomic E-state index is 11.9. The highest BCUT2D eigenvalue weighted by molar-refractivity contribution is 7.10. The second kappa shape index (κ2) is 5.27. The minimum Gasteiger partial charge on any atom is -0.333 e. The van der Waals surface area contributed by atoms with Crippen LogP contribution in [0, 0.1) is 0 Å². The number of nitrogen functional groups attached to an aromatic ring is 1. The molecule has 1 aliphatic rings. The van der Waals surface area contributed by atoms with Crippen LogP contribution >= 0.6 is 11.5 Å². The smallest absolute Gasteiger partial charge is 0.312 e. The summed E-state index contributed by atoms with van der Waals surface area (Å²) >= 11 is 1.11. The lowest BCUT2D eigenvalue weighted by atomic mass is 10.2. The molecule has 0 aromatic carbocycles. The molecule has 1 aromatic heterocycles. The Bertz CT molecular complexity index is 462. The highest BCUT2D eigenvalue weighted by Gasteiger charge is 2.32. The van der Waals surface area contributed by atoms with Crippen molar-refractivity contribution in [1.82, 2.24) is 19.4 Å². The summed E-state index contributed by atoms with van der Waals surface area (Å²) in [5.74, 6) is 4.34. The van der Waals surface area contributed by atoms with Gasteiger partial charge in [0.2, 0.25) is 0 Å². The van der Waals surface area contributed by atoms with Crippen LogP contribution in [0.2, 0.25) is 0 Å². The van der Waals surface area contributed by atoms with E-state index in [0.29, 0.717) is 30.3 Å². The molecule has 9 heteroatoms. The molecule has 0 aliphatic carbocycles. The van der Waals surface area contributed by atoms with Crippen molar-refractivity contribution < 1.29 is 9.59 Å². The van der Waals surface area contributed by atoms with Gasteiger partial charge in [0.1, 0.15) is 10.7 Å². The second-order valence-corrected chi connectivity index (χ2v) is 4.56. The van der Waals surface area contributed by atoms with Gasteiger partial charge in [-0.25, -0.2) is 5.84 Å². The van der Waals surface area contributed by atoms with Crippen LogP contribution < -0.4 is 11.3 Å². The van der Waals surface area contributed by atoms with Gasteiger partial charge in [0.15, 0.2) is 0 Å². The zero-order chi connectivity index (χ0) is 13.1. The number of piperazine rings is 1. The molecule has 1 fully saturated rings. The van der Waals surface area contributed by atoms with E-state index in [1.807, 2.05) is 6.92 Å². The molecule has 3 N–H and O–H groups in total. The fourth-order valence-electron chi connectivity index (χ4n) is 1.77. The zero-order valence-electron chi connectivity index (χ0n) is 9.92. The normalized spacial score (nSPS) is 16.3. The fourth-order valence-corrected chi connectivity index (χ4v) is 2.25. The molecule has 0 spiro atoms. The van der Waals surface area contributed by atoms with Gasteiger partial charge in [-0.1, -0.05) is 4.49 Å². The van der Waals surface area contributed by atoms with Crippen molar-refractivity contribution in [3.8, 4) is 0 Å². The van der Waals surface area contributed by atoms with E-state index in [0.717, 1.165) is 11.5 Å². The average Bonchev–Trinajstić information content (AvgIpc) is 2.82. The molecule has 0 atom stereocenters. The third-order valence-corrected chi connectivity index (χ3v) is 3.51. The summed E-state index contributed by atoms with van der Waals surface area (Å²) < 4.78 is 3.75. The molecule has 2 rings (SSSR count). The molecule has 1 saturated heterocycles. The lowest BCUT2D eigenvalue weighted by molar-refractivity contribution is -0.156. The summed E-state index contributed by atoms with van der Waals surface area (Å²) in [5.41, 5.74) is 3.05. The topological polar surface area (TPSA) is 104 Å². The van der Waals surface area contributed by atoms with Gasteiger partial charge in [-0.3, -0.25) is 9.59 Å². The minimum atomic E-state index is -0.501. The number of hydrazine groups is 1. The van der Waals surface area contributed by atoms with Crippen molar-refractivity contribution in [3.63, 3.8) is 0 Å². The first-order valence-corrected chi connectivity index (χ1v) is 6.30. The van der Waals surface area contributed by atoms with Gasteiger partial charge in [0.25, 0.3) is 0 Å². The van der Waals surface area contributed by atoms with Gasteiger partial charge in [-0.05, 0) is 6.92 Å². The summed E-state index contributed by atoms with van der Waals surface area (Å²) in [4.78, 5) is 26.6. The monoisotopic (exact) mass is 270 g/mol. The van der Waals surface area contributed by atoms with Gasteiger partial charge >= 0.3 is 11.8 Å². The molecule has 0 radical (unpaired) electrons. The molecule has 1 aromatic rings. The van der Waals surface area contributed by atoms with Crippen LogP contribution in [0.3, 0.4) is 0 Å². The molecule has 0 unspecified atom stereocenters. The van der Waals surface area contributed by atoms with Crippen molar-refractivity contribution in [2.45, 2.75) is 13.5 Å². The number of likely N-dealkylation sites (N-methyl/N-ethyl adjacent to an activating group) is 1. The van der Waals surface area contributed by atoms with E-state index in [-0.39, 0.29) is 6.54 Å². The van der Waals surface area contributed by atoms with Crippen LogP contribution in [0.1, 0.15) is 12.6 Å². The molecular weight excluding hydrogens is 256 g/mol. The van der Waals surface area contributed by atoms with E-state index in [2.05, 4.69) is 15.0 Å². The highest BCUT2D eigenvalue weighted by Crippen LogP contribution is 2.19. The van der Waals surface area contributed by atoms with Crippen LogP contribution in [0.25, 0.3) is 0 Å². The predicted octanol–water partition coefficient (Wildman–Crippen LogP) is -0.986. The summed E-state index contributed by atoms with van der Waals surface area (Å²) in [6.07, 6.45) is 0. The van der Waals surface area contributed by atoms with Crippen molar-refractivity contribution in [2.75, 3.05) is 25.1 Å². The average molecular weight is 270 g/mol. The Hall–Kier alpha value is -1.74. The number of nitrogens with zero attached hydrogens (tertiary/aromatic N) is 4. The zero-order valence-corrected chi connectivity index (χ0v) is 10.7. The lowest BCUT2D eigenvalue weighted by Gasteiger charge is -2.32. The number of rotatable bonds is 4. The Morgan fingerprint density at radius 3 is 2.67 bits per heavy atom. The lowest BCUT2D eigenvalue weighted by Crippen LogP contribution is -2.53. The molecule has 8 nitrogen and oxygen atoms in total. The quantitative estimate of drug-likeness (QED) is 0.414. The van der Waals surface area contributed by atoms with E-state index in [4.69, 9.17) is 5.84 Å². The van der Waals surface area contributed by atoms with E-state index < -0.39 is 11.8 Å². The number of nitrogens with two attached hydrogens (primary N) is 1. The standard InChI is InChI=1S/C9H14N6O2S/c1-2-14-3-4-15(9(17)8(14)16)5-6-7(11-10)18-13-12-6/h11H,2-5,10H2,1H3. The van der Waals surface area contributed by atoms with E-state index in [1.165, 1.54) is 9.80 Å². The molecule has 2 heterocycles. The third kappa shape index (κ3) is 2.27. The minimum absolute atomic E-state index is 0.248. The van der Waals surface area contributed by atoms with Crippen molar-refractivity contribution in [2.24, 2.45) is 5.84 Å². The number of hydrogen-bond acceptors (Lipinski definition) is 7. The van der Waals surface area contributed by atoms with Crippen molar-refractivity contribution in [3.05, 3.63) is 5.69 Å². The number of anilines is 1. The first-order valence-electron chi connectivity index (χ1n) is 5.53. The predicted molar refractivity (Wildman–Crippen MR) is 65.4 cm³/mol. The summed E-state index contributed by atoms with van der Waals surface area (Å²) in [5, 5.41) is 4.49. The SMILES string of the molecule is CCN1CCN(Cc2nnsc2NN)C(=O)C1=O. The second-order valence-electron chi connectivity index (χ2n) is 3.80. The molecule has 0 bridgehead atoms. The van der Waals surface area contributed by atoms with Gasteiger partial charge in [-0.2, -0.15) is 0 Å². The maximum atomic E-state index is 11.9. The molecule has 18 heavy (non-hydrogen) atoms. The van der Waals surface area contributed by atoms with Crippen molar-refractivity contribution in [1.29, 1.82) is 0 Å². The molecular formula is C9H14N6O2S. The Kier molecular flexibility index (Phi) is 3.72. The summed E-state index contributed by atoms with van der Waals surface area (Å²) in [6, 6.07) is 0. The van der Waals surface area contributed by atoms with Crippen LogP contribution in [-0.2, 0) is 16.1 Å². The summed E-state index contributed by atoms with van der Waals surface area (Å²) in [6.45, 7) is 3.69. The van der Waals surface area contributed by atoms with Crippen LogP contribution in [0.4, 0.5) is 5.00 Å². The largest absolute Gasteiger partial charge is 0.333 e. The van der Waals surface area contributed by atoms with Gasteiger partial charge in [-0.15, -0.1) is 5.10 Å². The summed E-state index contributed by atoms with van der Waals surface area (Å²) in [7, 11) is 0. The third-order valence-electron chi connectivity index (χ3n) is 2.81. The number of aromatic nitrogens is 2. The number of nitrogens with one attached hydrogen (secondary N) is 1. The number of amides is 2. The first kappa shape index (κ1) is 12.7. The van der Waals surface area contributed by atoms with Gasteiger partial charge in [0, 0.05) is 31.2 Å². The van der Waals surface area contributed by atoms with E-state index in [1.54, 1.807) is 0 Å². The number of carbonyl (C=O) groups is 2. The Balaban J connectivity index is 2.07. The number of carbonyl (C=O) groups excluding carboxylic acids is 2. The first-order chi connectivity index (χ1) is 8.67. The molecule has 98 valence electrons. The molecule has 0 saturated carbocycles. The highest BCUT2D eigenvalue weighted by atomic mass is 32.1. The van der Waals surface area contributed by atoms with E-state index >= 15 is 0 Å². The molecule has 1 aliphatic heterocycles.